The summed E-state index contributed by atoms with van der Waals surface area (Å²) in [5, 5.41) is 22.9. The van der Waals surface area contributed by atoms with Crippen molar-refractivity contribution in [1.29, 1.82) is 0 Å². The third-order valence-corrected chi connectivity index (χ3v) is 2.75. The number of carbonyl (C=O) groups excluding carboxylic acids is 1. The molecule has 21 heavy (non-hydrogen) atoms. The van der Waals surface area contributed by atoms with Crippen LogP contribution in [-0.4, -0.2) is 39.8 Å². The summed E-state index contributed by atoms with van der Waals surface area (Å²) in [7, 11) is 0. The van der Waals surface area contributed by atoms with Crippen molar-refractivity contribution >= 4 is 28.5 Å². The van der Waals surface area contributed by atoms with Gasteiger partial charge in [0, 0.05) is 11.4 Å². The highest BCUT2D eigenvalue weighted by Gasteiger charge is 2.17. The van der Waals surface area contributed by atoms with Crippen molar-refractivity contribution in [3.63, 3.8) is 0 Å². The van der Waals surface area contributed by atoms with Gasteiger partial charge in [-0.05, 0) is 19.9 Å². The summed E-state index contributed by atoms with van der Waals surface area (Å²) in [5.74, 6) is -1.41. The van der Waals surface area contributed by atoms with Crippen molar-refractivity contribution in [2.24, 2.45) is 0 Å². The van der Waals surface area contributed by atoms with Gasteiger partial charge in [-0.2, -0.15) is 0 Å². The molecule has 2 aromatic rings. The Morgan fingerprint density at radius 3 is 2.62 bits per heavy atom. The molecule has 3 N–H and O–H groups in total. The van der Waals surface area contributed by atoms with Crippen LogP contribution in [-0.2, 0) is 4.79 Å². The first-order valence-electron chi connectivity index (χ1n) is 6.51. The summed E-state index contributed by atoms with van der Waals surface area (Å²) in [6.45, 7) is 3.67. The summed E-state index contributed by atoms with van der Waals surface area (Å²) in [6.07, 6.45) is 0. The number of carbonyl (C=O) groups is 2. The van der Waals surface area contributed by atoms with Gasteiger partial charge in [0.25, 0.3) is 0 Å². The van der Waals surface area contributed by atoms with Gasteiger partial charge < -0.3 is 15.7 Å². The fourth-order valence-corrected chi connectivity index (χ4v) is 1.92. The molecule has 1 aromatic heterocycles. The minimum absolute atomic E-state index is 0.0190. The Morgan fingerprint density at radius 1 is 1.24 bits per heavy atom. The minimum Gasteiger partial charge on any atom is -0.476 e. The molecule has 0 atom stereocenters. The van der Waals surface area contributed by atoms with Crippen molar-refractivity contribution in [2.75, 3.05) is 11.9 Å². The van der Waals surface area contributed by atoms with Crippen molar-refractivity contribution < 1.29 is 14.7 Å². The van der Waals surface area contributed by atoms with Crippen molar-refractivity contribution in [3.8, 4) is 0 Å². The van der Waals surface area contributed by atoms with Crippen LogP contribution in [0, 0.1) is 0 Å². The monoisotopic (exact) mass is 288 g/mol. The normalized spacial score (nSPS) is 10.6. The quantitative estimate of drug-likeness (QED) is 0.765. The van der Waals surface area contributed by atoms with Crippen molar-refractivity contribution in [2.45, 2.75) is 19.9 Å². The number of aromatic nitrogens is 2. The van der Waals surface area contributed by atoms with Gasteiger partial charge in [-0.15, -0.1) is 10.2 Å². The van der Waals surface area contributed by atoms with E-state index in [9.17, 15) is 14.7 Å². The molecule has 1 aromatic carbocycles. The van der Waals surface area contributed by atoms with Gasteiger partial charge >= 0.3 is 5.97 Å². The number of carboxylic acids is 1. The molecular weight excluding hydrogens is 272 g/mol. The molecule has 1 heterocycles. The largest absolute Gasteiger partial charge is 0.476 e. The topological polar surface area (TPSA) is 104 Å². The Labute approximate surface area is 121 Å². The van der Waals surface area contributed by atoms with E-state index >= 15 is 0 Å². The number of fused-ring (bicyclic) bond motifs is 1. The van der Waals surface area contributed by atoms with Crippen LogP contribution in [0.15, 0.2) is 24.3 Å². The summed E-state index contributed by atoms with van der Waals surface area (Å²) in [5.41, 5.74) is 0.660. The van der Waals surface area contributed by atoms with Gasteiger partial charge in [0.1, 0.15) is 0 Å². The standard InChI is InChI=1S/C14H16N4O3/c1-8(2)16-11(19)7-15-12-9-5-3-4-6-10(9)17-18-13(12)14(20)21/h3-6,8H,7H2,1-2H3,(H,15,17)(H,16,19)(H,20,21). The third-order valence-electron chi connectivity index (χ3n) is 2.75. The number of anilines is 1. The number of nitrogens with one attached hydrogen (secondary N) is 2. The zero-order chi connectivity index (χ0) is 15.4. The number of aromatic carboxylic acids is 1. The Kier molecular flexibility index (Phi) is 4.32. The third kappa shape index (κ3) is 3.44. The fourth-order valence-electron chi connectivity index (χ4n) is 1.92. The van der Waals surface area contributed by atoms with E-state index in [1.54, 1.807) is 24.3 Å². The molecule has 0 radical (unpaired) electrons. The minimum atomic E-state index is -1.19. The average Bonchev–Trinajstić information content (AvgIpc) is 2.43. The lowest BCUT2D eigenvalue weighted by molar-refractivity contribution is -0.119. The van der Waals surface area contributed by atoms with E-state index in [4.69, 9.17) is 0 Å². The van der Waals surface area contributed by atoms with Gasteiger partial charge in [-0.1, -0.05) is 18.2 Å². The predicted octanol–water partition coefficient (Wildman–Crippen LogP) is 1.26. The molecule has 0 unspecified atom stereocenters. The van der Waals surface area contributed by atoms with Crippen LogP contribution in [0.5, 0.6) is 0 Å². The predicted molar refractivity (Wildman–Crippen MR) is 78.3 cm³/mol. The van der Waals surface area contributed by atoms with Gasteiger partial charge in [-0.25, -0.2) is 4.79 Å². The van der Waals surface area contributed by atoms with Crippen LogP contribution in [0.3, 0.4) is 0 Å². The molecule has 0 aliphatic heterocycles. The Morgan fingerprint density at radius 2 is 1.95 bits per heavy atom. The summed E-state index contributed by atoms with van der Waals surface area (Å²) < 4.78 is 0. The summed E-state index contributed by atoms with van der Waals surface area (Å²) >= 11 is 0. The number of rotatable bonds is 5. The summed E-state index contributed by atoms with van der Waals surface area (Å²) in [4.78, 5) is 22.9. The summed E-state index contributed by atoms with van der Waals surface area (Å²) in [6, 6.07) is 7.04. The average molecular weight is 288 g/mol. The SMILES string of the molecule is CC(C)NC(=O)CNc1c(C(=O)O)nnc2ccccc12. The highest BCUT2D eigenvalue weighted by molar-refractivity contribution is 6.03. The molecular formula is C14H16N4O3. The maximum Gasteiger partial charge on any atom is 0.358 e. The van der Waals surface area contributed by atoms with E-state index in [2.05, 4.69) is 20.8 Å². The molecule has 0 saturated heterocycles. The number of amides is 1. The van der Waals surface area contributed by atoms with E-state index in [0.717, 1.165) is 0 Å². The first-order chi connectivity index (χ1) is 9.99. The molecule has 1 amide bonds. The molecule has 110 valence electrons. The highest BCUT2D eigenvalue weighted by atomic mass is 16.4. The number of hydrogen-bond acceptors (Lipinski definition) is 5. The van der Waals surface area contributed by atoms with Crippen LogP contribution in [0.2, 0.25) is 0 Å². The van der Waals surface area contributed by atoms with Gasteiger partial charge in [0.2, 0.25) is 5.91 Å². The van der Waals surface area contributed by atoms with Gasteiger partial charge in [-0.3, -0.25) is 4.79 Å². The zero-order valence-electron chi connectivity index (χ0n) is 11.8. The van der Waals surface area contributed by atoms with E-state index in [1.165, 1.54) is 0 Å². The van der Waals surface area contributed by atoms with Crippen LogP contribution in [0.25, 0.3) is 10.9 Å². The molecule has 0 aliphatic rings. The van der Waals surface area contributed by atoms with Crippen LogP contribution < -0.4 is 10.6 Å². The van der Waals surface area contributed by atoms with Crippen LogP contribution in [0.4, 0.5) is 5.69 Å². The van der Waals surface area contributed by atoms with E-state index in [-0.39, 0.29) is 24.2 Å². The number of nitrogens with zero attached hydrogens (tertiary/aromatic N) is 2. The second-order valence-corrected chi connectivity index (χ2v) is 4.82. The molecule has 2 rings (SSSR count). The zero-order valence-corrected chi connectivity index (χ0v) is 11.8. The van der Waals surface area contributed by atoms with Crippen LogP contribution >= 0.6 is 0 Å². The highest BCUT2D eigenvalue weighted by Crippen LogP contribution is 2.23. The maximum atomic E-state index is 11.7. The molecule has 0 aliphatic carbocycles. The Hall–Kier alpha value is -2.70. The molecule has 0 bridgehead atoms. The lowest BCUT2D eigenvalue weighted by Gasteiger charge is -2.12. The molecule has 0 spiro atoms. The first-order valence-corrected chi connectivity index (χ1v) is 6.51. The Bertz CT molecular complexity index is 685. The second kappa shape index (κ2) is 6.17. The fraction of sp³-hybridized carbons (Fsp3) is 0.286. The number of carboxylic acid groups (broad SMARTS) is 1. The smallest absolute Gasteiger partial charge is 0.358 e. The second-order valence-electron chi connectivity index (χ2n) is 4.82. The number of hydrogen-bond donors (Lipinski definition) is 3. The first kappa shape index (κ1) is 14.7. The molecule has 7 heteroatoms. The van der Waals surface area contributed by atoms with E-state index in [0.29, 0.717) is 16.6 Å². The molecule has 0 saturated carbocycles. The molecule has 7 nitrogen and oxygen atoms in total. The lowest BCUT2D eigenvalue weighted by atomic mass is 10.1. The Balaban J connectivity index is 2.33. The van der Waals surface area contributed by atoms with Gasteiger partial charge in [0.15, 0.2) is 5.69 Å². The maximum absolute atomic E-state index is 11.7. The number of benzene rings is 1. The van der Waals surface area contributed by atoms with E-state index in [1.807, 2.05) is 13.8 Å². The van der Waals surface area contributed by atoms with Gasteiger partial charge in [0.05, 0.1) is 17.7 Å². The molecule has 0 fully saturated rings. The van der Waals surface area contributed by atoms with E-state index < -0.39 is 5.97 Å². The lowest BCUT2D eigenvalue weighted by Crippen LogP contribution is -2.35. The van der Waals surface area contributed by atoms with Crippen molar-refractivity contribution in [3.05, 3.63) is 30.0 Å². The van der Waals surface area contributed by atoms with Crippen molar-refractivity contribution in [1.82, 2.24) is 15.5 Å². The van der Waals surface area contributed by atoms with Crippen LogP contribution in [0.1, 0.15) is 24.3 Å².